The third-order valence-corrected chi connectivity index (χ3v) is 2.01. The van der Waals surface area contributed by atoms with E-state index in [1.54, 1.807) is 0 Å². The predicted octanol–water partition coefficient (Wildman–Crippen LogP) is -1.24. The van der Waals surface area contributed by atoms with E-state index >= 15 is 0 Å². The summed E-state index contributed by atoms with van der Waals surface area (Å²) < 4.78 is 23.3. The molecule has 6 heteroatoms. The Hall–Kier alpha value is -0.170. The smallest absolute Gasteiger partial charge is 0.274 e. The second-order valence-corrected chi connectivity index (χ2v) is 4.07. The van der Waals surface area contributed by atoms with Crippen molar-refractivity contribution in [2.45, 2.75) is 19.9 Å². The van der Waals surface area contributed by atoms with Crippen LogP contribution >= 0.6 is 0 Å². The molecule has 11 heavy (non-hydrogen) atoms. The SMILES string of the molecule is CC(C)C(CN)NS(N)(=O)=O. The molecule has 0 amide bonds. The highest BCUT2D eigenvalue weighted by molar-refractivity contribution is 7.87. The minimum atomic E-state index is -3.61. The maximum atomic E-state index is 10.5. The van der Waals surface area contributed by atoms with Crippen molar-refractivity contribution in [2.24, 2.45) is 16.8 Å². The first-order valence-electron chi connectivity index (χ1n) is 3.37. The minimum Gasteiger partial charge on any atom is -0.329 e. The summed E-state index contributed by atoms with van der Waals surface area (Å²) in [4.78, 5) is 0. The molecule has 0 radical (unpaired) electrons. The zero-order valence-corrected chi connectivity index (χ0v) is 7.56. The van der Waals surface area contributed by atoms with Gasteiger partial charge in [0.15, 0.2) is 0 Å². The van der Waals surface area contributed by atoms with Gasteiger partial charge >= 0.3 is 0 Å². The number of nitrogens with two attached hydrogens (primary N) is 2. The van der Waals surface area contributed by atoms with Crippen LogP contribution in [0, 0.1) is 5.92 Å². The Kier molecular flexibility index (Phi) is 3.95. The van der Waals surface area contributed by atoms with Gasteiger partial charge in [0.25, 0.3) is 10.2 Å². The summed E-state index contributed by atoms with van der Waals surface area (Å²) in [6.07, 6.45) is 0. The monoisotopic (exact) mass is 181 g/mol. The number of nitrogens with one attached hydrogen (secondary N) is 1. The first kappa shape index (κ1) is 10.8. The van der Waals surface area contributed by atoms with Gasteiger partial charge in [-0.25, -0.2) is 5.14 Å². The fourth-order valence-corrected chi connectivity index (χ4v) is 1.46. The van der Waals surface area contributed by atoms with Crippen LogP contribution in [0.1, 0.15) is 13.8 Å². The summed E-state index contributed by atoms with van der Waals surface area (Å²) in [6, 6.07) is -0.273. The Balaban J connectivity index is 4.10. The standard InChI is InChI=1S/C5H15N3O2S/c1-4(2)5(3-6)8-11(7,9)10/h4-5,8H,3,6H2,1-2H3,(H2,7,9,10). The third kappa shape index (κ3) is 5.14. The molecule has 5 nitrogen and oxygen atoms in total. The zero-order valence-electron chi connectivity index (χ0n) is 6.74. The summed E-state index contributed by atoms with van der Waals surface area (Å²) in [6.45, 7) is 4.00. The quantitative estimate of drug-likeness (QED) is 0.506. The van der Waals surface area contributed by atoms with E-state index in [1.807, 2.05) is 13.8 Å². The van der Waals surface area contributed by atoms with Gasteiger partial charge in [-0.1, -0.05) is 13.8 Å². The molecule has 0 aromatic heterocycles. The molecule has 0 saturated carbocycles. The van der Waals surface area contributed by atoms with Crippen LogP contribution in [0.2, 0.25) is 0 Å². The van der Waals surface area contributed by atoms with Crippen LogP contribution in [0.25, 0.3) is 0 Å². The van der Waals surface area contributed by atoms with Crippen LogP contribution in [0.4, 0.5) is 0 Å². The van der Waals surface area contributed by atoms with E-state index in [4.69, 9.17) is 10.9 Å². The average molecular weight is 181 g/mol. The van der Waals surface area contributed by atoms with Gasteiger partial charge in [0.1, 0.15) is 0 Å². The topological polar surface area (TPSA) is 98.2 Å². The Morgan fingerprint density at radius 2 is 1.91 bits per heavy atom. The second kappa shape index (κ2) is 4.01. The second-order valence-electron chi connectivity index (χ2n) is 2.75. The highest BCUT2D eigenvalue weighted by Crippen LogP contribution is 1.99. The number of rotatable bonds is 4. The molecule has 0 spiro atoms. The van der Waals surface area contributed by atoms with E-state index in [0.717, 1.165) is 0 Å². The van der Waals surface area contributed by atoms with Crippen molar-refractivity contribution in [2.75, 3.05) is 6.54 Å². The molecule has 0 heterocycles. The van der Waals surface area contributed by atoms with Gasteiger partial charge < -0.3 is 5.73 Å². The molecule has 1 atom stereocenters. The number of hydrogen-bond donors (Lipinski definition) is 3. The lowest BCUT2D eigenvalue weighted by molar-refractivity contribution is 0.455. The maximum Gasteiger partial charge on any atom is 0.274 e. The van der Waals surface area contributed by atoms with E-state index in [9.17, 15) is 8.42 Å². The molecule has 68 valence electrons. The molecule has 0 aliphatic heterocycles. The molecule has 0 aromatic carbocycles. The maximum absolute atomic E-state index is 10.5. The van der Waals surface area contributed by atoms with Gasteiger partial charge in [0.05, 0.1) is 0 Å². The average Bonchev–Trinajstić information content (AvgIpc) is 1.80. The molecule has 0 fully saturated rings. The van der Waals surface area contributed by atoms with Gasteiger partial charge in [-0.15, -0.1) is 0 Å². The van der Waals surface area contributed by atoms with Crippen LogP contribution in [0.3, 0.4) is 0 Å². The van der Waals surface area contributed by atoms with E-state index in [-0.39, 0.29) is 18.5 Å². The summed E-state index contributed by atoms with van der Waals surface area (Å²) in [5, 5.41) is 4.76. The van der Waals surface area contributed by atoms with Crippen LogP contribution in [-0.2, 0) is 10.2 Å². The van der Waals surface area contributed by atoms with Crippen molar-refractivity contribution < 1.29 is 8.42 Å². The molecular formula is C5H15N3O2S. The summed E-state index contributed by atoms with van der Waals surface area (Å²) >= 11 is 0. The van der Waals surface area contributed by atoms with Gasteiger partial charge in [0.2, 0.25) is 0 Å². The zero-order chi connectivity index (χ0) is 9.07. The van der Waals surface area contributed by atoms with Crippen molar-refractivity contribution in [1.29, 1.82) is 0 Å². The van der Waals surface area contributed by atoms with Crippen molar-refractivity contribution in [3.63, 3.8) is 0 Å². The molecule has 0 saturated heterocycles. The van der Waals surface area contributed by atoms with Gasteiger partial charge in [-0.05, 0) is 5.92 Å². The van der Waals surface area contributed by atoms with Gasteiger partial charge in [0, 0.05) is 12.6 Å². The van der Waals surface area contributed by atoms with Crippen molar-refractivity contribution in [1.82, 2.24) is 4.72 Å². The molecule has 0 rings (SSSR count). The fraction of sp³-hybridized carbons (Fsp3) is 1.00. The van der Waals surface area contributed by atoms with Crippen LogP contribution in [0.15, 0.2) is 0 Å². The molecule has 0 aromatic rings. The largest absolute Gasteiger partial charge is 0.329 e. The molecule has 0 aliphatic carbocycles. The lowest BCUT2D eigenvalue weighted by atomic mass is 10.1. The lowest BCUT2D eigenvalue weighted by Gasteiger charge is -2.18. The third-order valence-electron chi connectivity index (χ3n) is 1.37. The van der Waals surface area contributed by atoms with Gasteiger partial charge in [-0.2, -0.15) is 13.1 Å². The predicted molar refractivity (Wildman–Crippen MR) is 43.9 cm³/mol. The summed E-state index contributed by atoms with van der Waals surface area (Å²) in [5.74, 6) is 0.151. The summed E-state index contributed by atoms with van der Waals surface area (Å²) in [7, 11) is -3.61. The Bertz CT molecular complexity index is 200. The molecular weight excluding hydrogens is 166 g/mol. The normalized spacial score (nSPS) is 15.4. The molecule has 5 N–H and O–H groups in total. The van der Waals surface area contributed by atoms with Crippen molar-refractivity contribution >= 4 is 10.2 Å². The van der Waals surface area contributed by atoms with Crippen molar-refractivity contribution in [3.05, 3.63) is 0 Å². The van der Waals surface area contributed by atoms with E-state index < -0.39 is 10.2 Å². The fourth-order valence-electron chi connectivity index (χ4n) is 0.667. The Morgan fingerprint density at radius 1 is 1.45 bits per heavy atom. The van der Waals surface area contributed by atoms with Crippen molar-refractivity contribution in [3.8, 4) is 0 Å². The van der Waals surface area contributed by atoms with Crippen LogP contribution in [0.5, 0.6) is 0 Å². The minimum absolute atomic E-state index is 0.151. The lowest BCUT2D eigenvalue weighted by Crippen LogP contribution is -2.46. The van der Waals surface area contributed by atoms with E-state index in [2.05, 4.69) is 4.72 Å². The first-order valence-corrected chi connectivity index (χ1v) is 4.91. The molecule has 0 bridgehead atoms. The Morgan fingerprint density at radius 3 is 2.00 bits per heavy atom. The highest BCUT2D eigenvalue weighted by atomic mass is 32.2. The first-order chi connectivity index (χ1) is 4.87. The number of hydrogen-bond acceptors (Lipinski definition) is 3. The van der Waals surface area contributed by atoms with Gasteiger partial charge in [-0.3, -0.25) is 0 Å². The molecule has 0 aliphatic rings. The van der Waals surface area contributed by atoms with E-state index in [0.29, 0.717) is 0 Å². The van der Waals surface area contributed by atoms with Crippen LogP contribution < -0.4 is 15.6 Å². The molecule has 1 unspecified atom stereocenters. The highest BCUT2D eigenvalue weighted by Gasteiger charge is 2.15. The Labute approximate surface area is 67.3 Å². The summed E-state index contributed by atoms with van der Waals surface area (Å²) in [5.41, 5.74) is 5.30. The van der Waals surface area contributed by atoms with Crippen LogP contribution in [-0.4, -0.2) is 21.0 Å². The van der Waals surface area contributed by atoms with E-state index in [1.165, 1.54) is 0 Å².